The number of fused-ring (bicyclic) bond motifs is 1. The van der Waals surface area contributed by atoms with E-state index in [1.165, 1.54) is 23.5 Å². The van der Waals surface area contributed by atoms with Crippen LogP contribution in [0.15, 0.2) is 24.3 Å². The van der Waals surface area contributed by atoms with Crippen LogP contribution in [-0.4, -0.2) is 38.8 Å². The van der Waals surface area contributed by atoms with Crippen molar-refractivity contribution in [3.63, 3.8) is 0 Å². The van der Waals surface area contributed by atoms with Crippen molar-refractivity contribution in [2.75, 3.05) is 6.54 Å². The predicted molar refractivity (Wildman–Crippen MR) is 87.9 cm³/mol. The maximum absolute atomic E-state index is 12.6. The molecule has 138 valence electrons. The zero-order chi connectivity index (χ0) is 18.3. The van der Waals surface area contributed by atoms with Gasteiger partial charge in [-0.3, -0.25) is 10.9 Å². The number of rotatable bonds is 4. The standard InChI is InChI=1S/C15H15F3N6OS/c1-8-10(7-19-20-8)13-23-24-12(21-22-14(24)26-13)6-9-4-2-3-5-11(9)25-15(16,17)18/h2-5,8,10,19-20H,6-7H2,1H3. The molecule has 2 aromatic heterocycles. The molecule has 0 saturated carbocycles. The van der Waals surface area contributed by atoms with Crippen LogP contribution in [0.5, 0.6) is 5.75 Å². The molecule has 2 unspecified atom stereocenters. The number of nitrogens with one attached hydrogen (secondary N) is 2. The fraction of sp³-hybridized carbons (Fsp3) is 0.400. The highest BCUT2D eigenvalue weighted by molar-refractivity contribution is 7.16. The van der Waals surface area contributed by atoms with Crippen LogP contribution < -0.4 is 15.6 Å². The molecule has 3 heterocycles. The van der Waals surface area contributed by atoms with E-state index in [-0.39, 0.29) is 24.1 Å². The minimum absolute atomic E-state index is 0.132. The van der Waals surface area contributed by atoms with Crippen molar-refractivity contribution in [3.05, 3.63) is 40.7 Å². The number of hydrogen-bond donors (Lipinski definition) is 2. The third-order valence-electron chi connectivity index (χ3n) is 4.19. The smallest absolute Gasteiger partial charge is 0.405 e. The van der Waals surface area contributed by atoms with Crippen molar-refractivity contribution in [3.8, 4) is 5.75 Å². The summed E-state index contributed by atoms with van der Waals surface area (Å²) < 4.78 is 43.5. The van der Waals surface area contributed by atoms with Gasteiger partial charge in [0.15, 0.2) is 5.82 Å². The van der Waals surface area contributed by atoms with Gasteiger partial charge in [0.25, 0.3) is 0 Å². The zero-order valence-electron chi connectivity index (χ0n) is 13.6. The van der Waals surface area contributed by atoms with Gasteiger partial charge in [-0.05, 0) is 13.0 Å². The zero-order valence-corrected chi connectivity index (χ0v) is 14.4. The van der Waals surface area contributed by atoms with Crippen LogP contribution in [0.1, 0.15) is 29.2 Å². The van der Waals surface area contributed by atoms with E-state index in [2.05, 4.69) is 37.8 Å². The Balaban J connectivity index is 1.63. The largest absolute Gasteiger partial charge is 0.573 e. The number of hydrazine groups is 1. The normalized spacial score (nSPS) is 20.8. The maximum atomic E-state index is 12.6. The molecule has 0 amide bonds. The molecule has 1 aliphatic heterocycles. The number of ether oxygens (including phenoxy) is 1. The van der Waals surface area contributed by atoms with Gasteiger partial charge in [-0.25, -0.2) is 0 Å². The summed E-state index contributed by atoms with van der Waals surface area (Å²) in [6.45, 7) is 2.81. The molecular formula is C15H15F3N6OS. The van der Waals surface area contributed by atoms with Crippen LogP contribution in [0.3, 0.4) is 0 Å². The molecule has 0 bridgehead atoms. The number of halogens is 3. The van der Waals surface area contributed by atoms with Crippen LogP contribution in [0.2, 0.25) is 0 Å². The second-order valence-corrected chi connectivity index (χ2v) is 6.99. The number of nitrogens with zero attached hydrogens (tertiary/aromatic N) is 4. The Labute approximate surface area is 150 Å². The van der Waals surface area contributed by atoms with Gasteiger partial charge in [0.2, 0.25) is 4.96 Å². The van der Waals surface area contributed by atoms with E-state index in [1.54, 1.807) is 16.6 Å². The Hall–Kier alpha value is -2.24. The van der Waals surface area contributed by atoms with Gasteiger partial charge in [-0.2, -0.15) is 9.61 Å². The maximum Gasteiger partial charge on any atom is 0.573 e. The van der Waals surface area contributed by atoms with E-state index in [4.69, 9.17) is 0 Å². The molecule has 4 rings (SSSR count). The summed E-state index contributed by atoms with van der Waals surface area (Å²) in [5.41, 5.74) is 6.59. The molecule has 2 atom stereocenters. The highest BCUT2D eigenvalue weighted by atomic mass is 32.1. The Morgan fingerprint density at radius 1 is 1.31 bits per heavy atom. The fourth-order valence-electron chi connectivity index (χ4n) is 2.89. The lowest BCUT2D eigenvalue weighted by Gasteiger charge is -2.12. The monoisotopic (exact) mass is 384 g/mol. The highest BCUT2D eigenvalue weighted by Crippen LogP contribution is 2.29. The van der Waals surface area contributed by atoms with Gasteiger partial charge in [-0.1, -0.05) is 29.5 Å². The first-order valence-corrected chi connectivity index (χ1v) is 8.75. The van der Waals surface area contributed by atoms with Crippen molar-refractivity contribution in [1.29, 1.82) is 0 Å². The van der Waals surface area contributed by atoms with Gasteiger partial charge in [0.1, 0.15) is 10.8 Å². The van der Waals surface area contributed by atoms with Crippen LogP contribution >= 0.6 is 11.3 Å². The lowest BCUT2D eigenvalue weighted by Crippen LogP contribution is -2.28. The SMILES string of the molecule is CC1NNCC1c1nn2c(Cc3ccccc3OC(F)(F)F)nnc2s1. The molecule has 0 spiro atoms. The fourth-order valence-corrected chi connectivity index (χ4v) is 3.95. The van der Waals surface area contributed by atoms with E-state index in [0.29, 0.717) is 16.3 Å². The van der Waals surface area contributed by atoms with Crippen LogP contribution in [-0.2, 0) is 6.42 Å². The molecule has 1 fully saturated rings. The molecule has 1 aliphatic rings. The predicted octanol–water partition coefficient (Wildman–Crippen LogP) is 2.26. The molecule has 0 radical (unpaired) electrons. The third kappa shape index (κ3) is 3.37. The number of aromatic nitrogens is 4. The summed E-state index contributed by atoms with van der Waals surface area (Å²) in [6.07, 6.45) is -4.62. The Morgan fingerprint density at radius 2 is 2.12 bits per heavy atom. The van der Waals surface area contributed by atoms with Gasteiger partial charge < -0.3 is 4.74 Å². The van der Waals surface area contributed by atoms with Crippen molar-refractivity contribution in [2.24, 2.45) is 0 Å². The minimum atomic E-state index is -4.75. The second-order valence-electron chi connectivity index (χ2n) is 6.00. The van der Waals surface area contributed by atoms with E-state index in [9.17, 15) is 13.2 Å². The van der Waals surface area contributed by atoms with Crippen molar-refractivity contribution in [1.82, 2.24) is 30.7 Å². The molecule has 3 aromatic rings. The molecule has 0 aliphatic carbocycles. The summed E-state index contributed by atoms with van der Waals surface area (Å²) in [5, 5.41) is 13.6. The Kier molecular flexibility index (Phi) is 4.29. The van der Waals surface area contributed by atoms with E-state index < -0.39 is 6.36 Å². The Morgan fingerprint density at radius 3 is 2.85 bits per heavy atom. The van der Waals surface area contributed by atoms with Gasteiger partial charge in [0.05, 0.1) is 0 Å². The van der Waals surface area contributed by atoms with Gasteiger partial charge >= 0.3 is 6.36 Å². The molecule has 11 heteroatoms. The molecule has 26 heavy (non-hydrogen) atoms. The quantitative estimate of drug-likeness (QED) is 0.719. The van der Waals surface area contributed by atoms with Crippen molar-refractivity contribution in [2.45, 2.75) is 31.7 Å². The van der Waals surface area contributed by atoms with Crippen molar-refractivity contribution < 1.29 is 17.9 Å². The van der Waals surface area contributed by atoms with E-state index >= 15 is 0 Å². The lowest BCUT2D eigenvalue weighted by atomic mass is 10.1. The van der Waals surface area contributed by atoms with E-state index in [0.717, 1.165) is 11.6 Å². The van der Waals surface area contributed by atoms with Gasteiger partial charge in [0, 0.05) is 30.5 Å². The van der Waals surface area contributed by atoms with Crippen LogP contribution in [0.25, 0.3) is 4.96 Å². The van der Waals surface area contributed by atoms with Crippen molar-refractivity contribution >= 4 is 16.3 Å². The van der Waals surface area contributed by atoms with Crippen LogP contribution in [0, 0.1) is 0 Å². The first kappa shape index (κ1) is 17.2. The average Bonchev–Trinajstić information content (AvgIpc) is 3.24. The number of benzene rings is 1. The highest BCUT2D eigenvalue weighted by Gasteiger charge is 2.32. The summed E-state index contributed by atoms with van der Waals surface area (Å²) in [6, 6.07) is 6.23. The lowest BCUT2D eigenvalue weighted by molar-refractivity contribution is -0.274. The molecule has 1 saturated heterocycles. The first-order chi connectivity index (χ1) is 12.4. The summed E-state index contributed by atoms with van der Waals surface area (Å²) in [4.78, 5) is 0.614. The summed E-state index contributed by atoms with van der Waals surface area (Å²) in [5.74, 6) is 0.424. The Bertz CT molecular complexity index is 924. The summed E-state index contributed by atoms with van der Waals surface area (Å²) in [7, 11) is 0. The number of hydrogen-bond acceptors (Lipinski definition) is 7. The molecule has 1 aromatic carbocycles. The minimum Gasteiger partial charge on any atom is -0.405 e. The van der Waals surface area contributed by atoms with Gasteiger partial charge in [-0.15, -0.1) is 23.4 Å². The average molecular weight is 384 g/mol. The van der Waals surface area contributed by atoms with E-state index in [1.807, 2.05) is 0 Å². The number of alkyl halides is 3. The summed E-state index contributed by atoms with van der Waals surface area (Å²) >= 11 is 1.43. The molecule has 7 nitrogen and oxygen atoms in total. The second kappa shape index (κ2) is 6.49. The topological polar surface area (TPSA) is 76.4 Å². The third-order valence-corrected chi connectivity index (χ3v) is 5.22. The first-order valence-electron chi connectivity index (χ1n) is 7.94. The molecular weight excluding hydrogens is 369 g/mol. The molecule has 2 N–H and O–H groups in total. The number of para-hydroxylation sites is 1. The van der Waals surface area contributed by atoms with Crippen LogP contribution in [0.4, 0.5) is 13.2 Å².